The van der Waals surface area contributed by atoms with E-state index in [0.717, 1.165) is 11.8 Å². The Kier molecular flexibility index (Phi) is 6.51. The molecule has 1 heterocycles. The fourth-order valence-corrected chi connectivity index (χ4v) is 3.60. The van der Waals surface area contributed by atoms with Crippen LogP contribution >= 0.6 is 23.4 Å². The average Bonchev–Trinajstić information content (AvgIpc) is 2.68. The summed E-state index contributed by atoms with van der Waals surface area (Å²) >= 11 is 6.74. The normalized spacial score (nSPS) is 19.5. The Morgan fingerprint density at radius 3 is 2.50 bits per heavy atom. The number of hydrogen-bond donors (Lipinski definition) is 2. The fourth-order valence-electron chi connectivity index (χ4n) is 2.71. The zero-order chi connectivity index (χ0) is 20.1. The predicted octanol–water partition coefficient (Wildman–Crippen LogP) is 5.03. The van der Waals surface area contributed by atoms with Crippen molar-refractivity contribution in [1.29, 1.82) is 0 Å². The quantitative estimate of drug-likeness (QED) is 0.719. The lowest BCUT2D eigenvalue weighted by Crippen LogP contribution is -2.48. The van der Waals surface area contributed by atoms with E-state index in [4.69, 9.17) is 11.6 Å². The molecule has 148 valence electrons. The molecule has 0 bridgehead atoms. The molecule has 1 amide bonds. The second kappa shape index (κ2) is 8.87. The van der Waals surface area contributed by atoms with Crippen molar-refractivity contribution in [2.45, 2.75) is 24.7 Å². The number of amidine groups is 1. The molecule has 1 aliphatic heterocycles. The molecule has 0 aromatic heterocycles. The van der Waals surface area contributed by atoms with E-state index in [-0.39, 0.29) is 23.2 Å². The van der Waals surface area contributed by atoms with Gasteiger partial charge in [-0.1, -0.05) is 53.7 Å². The van der Waals surface area contributed by atoms with E-state index in [9.17, 15) is 18.0 Å². The van der Waals surface area contributed by atoms with Crippen LogP contribution in [0.3, 0.4) is 0 Å². The van der Waals surface area contributed by atoms with Gasteiger partial charge in [-0.3, -0.25) is 9.79 Å². The van der Waals surface area contributed by atoms with Crippen LogP contribution in [0.25, 0.3) is 0 Å². The minimum atomic E-state index is -4.40. The zero-order valence-corrected chi connectivity index (χ0v) is 16.1. The van der Waals surface area contributed by atoms with Gasteiger partial charge in [-0.2, -0.15) is 13.2 Å². The third-order valence-electron chi connectivity index (χ3n) is 4.08. The number of thioether (sulfide) groups is 1. The third-order valence-corrected chi connectivity index (χ3v) is 5.23. The van der Waals surface area contributed by atoms with Crippen LogP contribution in [-0.4, -0.2) is 29.0 Å². The highest BCUT2D eigenvalue weighted by Gasteiger charge is 2.43. The number of hydrogen-bond acceptors (Lipinski definition) is 4. The Bertz CT molecular complexity index is 844. The number of benzene rings is 2. The molecule has 2 atom stereocenters. The fraction of sp³-hybridized carbons (Fsp3) is 0.263. The van der Waals surface area contributed by atoms with Crippen molar-refractivity contribution in [3.63, 3.8) is 0 Å². The Morgan fingerprint density at radius 2 is 1.86 bits per heavy atom. The molecular weight excluding hydrogens is 411 g/mol. The SMILES string of the molecule is O=C(CSC1=N[C@@H](c2ccccc2)C[C@H](C(F)(F)F)N1)Nc1ccc(Cl)cc1. The zero-order valence-electron chi connectivity index (χ0n) is 14.5. The van der Waals surface area contributed by atoms with Gasteiger partial charge in [0.1, 0.15) is 6.04 Å². The van der Waals surface area contributed by atoms with Gasteiger partial charge in [-0.15, -0.1) is 0 Å². The van der Waals surface area contributed by atoms with Crippen LogP contribution in [0, 0.1) is 0 Å². The number of rotatable bonds is 4. The van der Waals surface area contributed by atoms with Gasteiger partial charge in [0.25, 0.3) is 0 Å². The smallest absolute Gasteiger partial charge is 0.353 e. The highest BCUT2D eigenvalue weighted by Crippen LogP contribution is 2.34. The van der Waals surface area contributed by atoms with Crippen LogP contribution in [0.1, 0.15) is 18.0 Å². The van der Waals surface area contributed by atoms with Gasteiger partial charge < -0.3 is 10.6 Å². The van der Waals surface area contributed by atoms with Crippen LogP contribution in [-0.2, 0) is 4.79 Å². The molecule has 0 spiro atoms. The van der Waals surface area contributed by atoms with Crippen molar-refractivity contribution < 1.29 is 18.0 Å². The van der Waals surface area contributed by atoms with Gasteiger partial charge in [0.2, 0.25) is 5.91 Å². The number of carbonyl (C=O) groups excluding carboxylic acids is 1. The first-order chi connectivity index (χ1) is 13.3. The van der Waals surface area contributed by atoms with Gasteiger partial charge in [-0.25, -0.2) is 0 Å². The minimum absolute atomic E-state index is 0.0689. The number of amides is 1. The molecule has 9 heteroatoms. The van der Waals surface area contributed by atoms with Crippen LogP contribution in [0.2, 0.25) is 5.02 Å². The maximum atomic E-state index is 13.3. The Morgan fingerprint density at radius 1 is 1.18 bits per heavy atom. The van der Waals surface area contributed by atoms with Crippen LogP contribution < -0.4 is 10.6 Å². The van der Waals surface area contributed by atoms with Crippen molar-refractivity contribution in [2.24, 2.45) is 4.99 Å². The van der Waals surface area contributed by atoms with Gasteiger partial charge in [0.15, 0.2) is 5.17 Å². The van der Waals surface area contributed by atoms with Crippen molar-refractivity contribution in [3.8, 4) is 0 Å². The van der Waals surface area contributed by atoms with E-state index in [0.29, 0.717) is 16.3 Å². The molecule has 0 saturated heterocycles. The van der Waals surface area contributed by atoms with E-state index in [1.807, 2.05) is 0 Å². The molecule has 2 aromatic carbocycles. The second-order valence-corrected chi connectivity index (χ2v) is 7.58. The number of halogens is 4. The van der Waals surface area contributed by atoms with E-state index < -0.39 is 18.3 Å². The second-order valence-electron chi connectivity index (χ2n) is 6.18. The summed E-state index contributed by atoms with van der Waals surface area (Å²) in [5, 5.41) is 5.73. The Labute approximate surface area is 169 Å². The number of aliphatic imine (C=N–C) groups is 1. The highest BCUT2D eigenvalue weighted by molar-refractivity contribution is 8.14. The summed E-state index contributed by atoms with van der Waals surface area (Å²) in [7, 11) is 0. The lowest BCUT2D eigenvalue weighted by Gasteiger charge is -2.31. The summed E-state index contributed by atoms with van der Waals surface area (Å²) in [4.78, 5) is 16.5. The predicted molar refractivity (Wildman–Crippen MR) is 107 cm³/mol. The van der Waals surface area contributed by atoms with Crippen LogP contribution in [0.15, 0.2) is 59.6 Å². The highest BCUT2D eigenvalue weighted by atomic mass is 35.5. The Balaban J connectivity index is 1.67. The number of alkyl halides is 3. The molecule has 4 nitrogen and oxygen atoms in total. The molecule has 2 aromatic rings. The average molecular weight is 428 g/mol. The lowest BCUT2D eigenvalue weighted by molar-refractivity contribution is -0.155. The van der Waals surface area contributed by atoms with E-state index in [1.54, 1.807) is 54.6 Å². The van der Waals surface area contributed by atoms with Crippen molar-refractivity contribution >= 4 is 40.1 Å². The van der Waals surface area contributed by atoms with Gasteiger partial charge >= 0.3 is 6.18 Å². The molecule has 2 N–H and O–H groups in total. The van der Waals surface area contributed by atoms with E-state index in [1.165, 1.54) is 0 Å². The molecule has 0 radical (unpaired) electrons. The molecular formula is C19H17ClF3N3OS. The van der Waals surface area contributed by atoms with Crippen LogP contribution in [0.5, 0.6) is 0 Å². The minimum Gasteiger partial charge on any atom is -0.353 e. The van der Waals surface area contributed by atoms with Crippen molar-refractivity contribution in [1.82, 2.24) is 5.32 Å². The summed E-state index contributed by atoms with van der Waals surface area (Å²) in [6.07, 6.45) is -4.59. The van der Waals surface area contributed by atoms with Crippen LogP contribution in [0.4, 0.5) is 18.9 Å². The van der Waals surface area contributed by atoms with Crippen molar-refractivity contribution in [2.75, 3.05) is 11.1 Å². The molecule has 1 aliphatic rings. The number of nitrogens with one attached hydrogen (secondary N) is 2. The number of nitrogens with zero attached hydrogens (tertiary/aromatic N) is 1. The topological polar surface area (TPSA) is 53.5 Å². The molecule has 0 fully saturated rings. The lowest BCUT2D eigenvalue weighted by atomic mass is 9.98. The molecule has 28 heavy (non-hydrogen) atoms. The molecule has 0 saturated carbocycles. The molecule has 0 aliphatic carbocycles. The number of carbonyl (C=O) groups is 1. The maximum Gasteiger partial charge on any atom is 0.408 e. The van der Waals surface area contributed by atoms with E-state index in [2.05, 4.69) is 15.6 Å². The molecule has 3 rings (SSSR count). The van der Waals surface area contributed by atoms with E-state index >= 15 is 0 Å². The molecule has 0 unspecified atom stereocenters. The monoisotopic (exact) mass is 427 g/mol. The number of anilines is 1. The largest absolute Gasteiger partial charge is 0.408 e. The summed E-state index contributed by atoms with van der Waals surface area (Å²) in [5.74, 6) is -0.414. The third kappa shape index (κ3) is 5.65. The first kappa shape index (κ1) is 20.5. The van der Waals surface area contributed by atoms with Gasteiger partial charge in [0, 0.05) is 17.1 Å². The standard InChI is InChI=1S/C19H17ClF3N3OS/c20-13-6-8-14(9-7-13)24-17(27)11-28-18-25-15(12-4-2-1-3-5-12)10-16(26-18)19(21,22)23/h1-9,15-16H,10-11H2,(H,24,27)(H,25,26)/t15-,16-/m1/s1. The Hall–Kier alpha value is -2.19. The first-order valence-electron chi connectivity index (χ1n) is 8.45. The summed E-state index contributed by atoms with van der Waals surface area (Å²) in [6, 6.07) is 13.1. The van der Waals surface area contributed by atoms with Gasteiger partial charge in [-0.05, 0) is 29.8 Å². The van der Waals surface area contributed by atoms with Crippen molar-refractivity contribution in [3.05, 3.63) is 65.2 Å². The summed E-state index contributed by atoms with van der Waals surface area (Å²) in [5.41, 5.74) is 1.27. The summed E-state index contributed by atoms with van der Waals surface area (Å²) in [6.45, 7) is 0. The summed E-state index contributed by atoms with van der Waals surface area (Å²) < 4.78 is 39.9. The van der Waals surface area contributed by atoms with Gasteiger partial charge in [0.05, 0.1) is 11.8 Å². The first-order valence-corrected chi connectivity index (χ1v) is 9.82. The maximum absolute atomic E-state index is 13.3.